The van der Waals surface area contributed by atoms with Crippen molar-refractivity contribution in [1.29, 1.82) is 0 Å². The van der Waals surface area contributed by atoms with Gasteiger partial charge < -0.3 is 10.1 Å². The summed E-state index contributed by atoms with van der Waals surface area (Å²) in [6, 6.07) is 4.55. The molecule has 1 aromatic carbocycles. The van der Waals surface area contributed by atoms with Crippen LogP contribution in [0.1, 0.15) is 10.5 Å². The Morgan fingerprint density at radius 3 is 2.72 bits per heavy atom. The molecule has 0 saturated heterocycles. The van der Waals surface area contributed by atoms with E-state index in [0.29, 0.717) is 5.56 Å². The lowest BCUT2D eigenvalue weighted by atomic mass is 10.2. The fourth-order valence-electron chi connectivity index (χ4n) is 1.35. The zero-order chi connectivity index (χ0) is 13.3. The number of rotatable bonds is 2. The van der Waals surface area contributed by atoms with E-state index < -0.39 is 23.0 Å². The van der Waals surface area contributed by atoms with Gasteiger partial charge in [0.1, 0.15) is 11.6 Å². The van der Waals surface area contributed by atoms with Crippen molar-refractivity contribution in [2.75, 3.05) is 0 Å². The Morgan fingerprint density at radius 2 is 2.11 bits per heavy atom. The van der Waals surface area contributed by atoms with Gasteiger partial charge in [-0.1, -0.05) is 11.6 Å². The summed E-state index contributed by atoms with van der Waals surface area (Å²) in [6.45, 7) is 0. The minimum atomic E-state index is -1.32. The molecule has 92 valence electrons. The molecule has 18 heavy (non-hydrogen) atoms. The van der Waals surface area contributed by atoms with Gasteiger partial charge >= 0.3 is 5.97 Å². The van der Waals surface area contributed by atoms with Gasteiger partial charge in [0.25, 0.3) is 5.56 Å². The first-order valence-electron chi connectivity index (χ1n) is 4.77. The van der Waals surface area contributed by atoms with Crippen LogP contribution in [0.5, 0.6) is 0 Å². The van der Waals surface area contributed by atoms with Crippen LogP contribution in [0.2, 0.25) is 5.02 Å². The van der Waals surface area contributed by atoms with E-state index >= 15 is 0 Å². The number of aromatic carboxylic acids is 1. The average Bonchev–Trinajstić information content (AvgIpc) is 2.31. The molecule has 1 aromatic heterocycles. The number of aromatic amines is 1. The number of halogens is 2. The molecule has 1 heterocycles. The van der Waals surface area contributed by atoms with E-state index in [1.54, 1.807) is 0 Å². The summed E-state index contributed by atoms with van der Waals surface area (Å²) in [5.74, 6) is -1.92. The maximum absolute atomic E-state index is 13.0. The van der Waals surface area contributed by atoms with Crippen molar-refractivity contribution in [2.24, 2.45) is 0 Å². The van der Waals surface area contributed by atoms with E-state index in [-0.39, 0.29) is 10.8 Å². The van der Waals surface area contributed by atoms with Crippen molar-refractivity contribution >= 4 is 17.6 Å². The second-order valence-corrected chi connectivity index (χ2v) is 3.82. The maximum atomic E-state index is 13.0. The molecule has 2 N–H and O–H groups in total. The number of carbonyl (C=O) groups is 1. The summed E-state index contributed by atoms with van der Waals surface area (Å²) in [6.07, 6.45) is 0. The van der Waals surface area contributed by atoms with Crippen LogP contribution in [0.15, 0.2) is 29.1 Å². The van der Waals surface area contributed by atoms with Crippen LogP contribution >= 0.6 is 11.6 Å². The van der Waals surface area contributed by atoms with Gasteiger partial charge in [-0.2, -0.15) is 0 Å². The molecule has 0 spiro atoms. The predicted octanol–water partition coefficient (Wildman–Crippen LogP) is 1.93. The van der Waals surface area contributed by atoms with E-state index in [0.717, 1.165) is 12.1 Å². The number of nitrogens with one attached hydrogen (secondary N) is 1. The smallest absolute Gasteiger partial charge is 0.354 e. The fraction of sp³-hybridized carbons (Fsp3) is 0. The van der Waals surface area contributed by atoms with Crippen molar-refractivity contribution < 1.29 is 14.3 Å². The Bertz CT molecular complexity index is 684. The molecule has 0 aliphatic rings. The molecule has 0 saturated carbocycles. The van der Waals surface area contributed by atoms with Gasteiger partial charge in [-0.3, -0.25) is 4.79 Å². The lowest BCUT2D eigenvalue weighted by molar-refractivity contribution is 0.0690. The van der Waals surface area contributed by atoms with Crippen LogP contribution in [0, 0.1) is 5.82 Å². The van der Waals surface area contributed by atoms with Crippen molar-refractivity contribution in [3.63, 3.8) is 0 Å². The number of hydrogen-bond donors (Lipinski definition) is 2. The van der Waals surface area contributed by atoms with Gasteiger partial charge in [-0.25, -0.2) is 14.2 Å². The van der Waals surface area contributed by atoms with Crippen LogP contribution in [0.25, 0.3) is 11.4 Å². The van der Waals surface area contributed by atoms with E-state index in [1.807, 2.05) is 0 Å². The van der Waals surface area contributed by atoms with Gasteiger partial charge in [-0.05, 0) is 18.2 Å². The first kappa shape index (κ1) is 12.3. The van der Waals surface area contributed by atoms with Gasteiger partial charge in [0, 0.05) is 11.6 Å². The first-order valence-corrected chi connectivity index (χ1v) is 5.15. The molecule has 5 nitrogen and oxygen atoms in total. The van der Waals surface area contributed by atoms with Crippen LogP contribution in [-0.2, 0) is 0 Å². The number of aromatic nitrogens is 2. The summed E-state index contributed by atoms with van der Waals surface area (Å²) in [5.41, 5.74) is -0.686. The van der Waals surface area contributed by atoms with E-state index in [2.05, 4.69) is 9.97 Å². The molecule has 0 amide bonds. The summed E-state index contributed by atoms with van der Waals surface area (Å²) in [4.78, 5) is 28.1. The molecule has 0 radical (unpaired) electrons. The highest BCUT2D eigenvalue weighted by molar-refractivity contribution is 6.31. The number of H-pyrrole nitrogens is 1. The molecule has 0 unspecified atom stereocenters. The summed E-state index contributed by atoms with van der Waals surface area (Å²) in [5, 5.41) is 8.64. The van der Waals surface area contributed by atoms with Crippen molar-refractivity contribution in [3.05, 3.63) is 51.2 Å². The fourth-order valence-corrected chi connectivity index (χ4v) is 1.53. The zero-order valence-electron chi connectivity index (χ0n) is 8.78. The Labute approximate surface area is 105 Å². The second kappa shape index (κ2) is 4.58. The highest BCUT2D eigenvalue weighted by Gasteiger charge is 2.10. The van der Waals surface area contributed by atoms with E-state index in [9.17, 15) is 14.0 Å². The Kier molecular flexibility index (Phi) is 3.12. The topological polar surface area (TPSA) is 83.0 Å². The van der Waals surface area contributed by atoms with E-state index in [1.165, 1.54) is 12.1 Å². The summed E-state index contributed by atoms with van der Waals surface area (Å²) < 4.78 is 13.0. The molecule has 0 bridgehead atoms. The lowest BCUT2D eigenvalue weighted by Gasteiger charge is -2.03. The summed E-state index contributed by atoms with van der Waals surface area (Å²) >= 11 is 5.59. The maximum Gasteiger partial charge on any atom is 0.354 e. The van der Waals surface area contributed by atoms with Crippen molar-refractivity contribution in [3.8, 4) is 11.4 Å². The SMILES string of the molecule is O=C(O)c1cc(=O)[nH]c(-c2ccc(F)c(Cl)c2)n1. The highest BCUT2D eigenvalue weighted by Crippen LogP contribution is 2.21. The third-order valence-corrected chi connectivity index (χ3v) is 2.44. The first-order chi connectivity index (χ1) is 8.47. The lowest BCUT2D eigenvalue weighted by Crippen LogP contribution is -2.13. The molecule has 2 rings (SSSR count). The number of carboxylic acids is 1. The number of nitrogens with zero attached hydrogens (tertiary/aromatic N) is 1. The molecule has 0 aliphatic heterocycles. The van der Waals surface area contributed by atoms with Gasteiger partial charge in [0.2, 0.25) is 0 Å². The number of benzene rings is 1. The monoisotopic (exact) mass is 268 g/mol. The van der Waals surface area contributed by atoms with Gasteiger partial charge in [0.05, 0.1) is 5.02 Å². The number of carboxylic acid groups (broad SMARTS) is 1. The predicted molar refractivity (Wildman–Crippen MR) is 62.2 cm³/mol. The molecule has 0 fully saturated rings. The number of hydrogen-bond acceptors (Lipinski definition) is 3. The van der Waals surface area contributed by atoms with Crippen LogP contribution in [-0.4, -0.2) is 21.0 Å². The second-order valence-electron chi connectivity index (χ2n) is 3.41. The highest BCUT2D eigenvalue weighted by atomic mass is 35.5. The van der Waals surface area contributed by atoms with Crippen molar-refractivity contribution in [2.45, 2.75) is 0 Å². The molecular formula is C11H6ClFN2O3. The Balaban J connectivity index is 2.60. The standard InChI is InChI=1S/C11H6ClFN2O3/c12-6-3-5(1-2-7(6)13)10-14-8(11(17)18)4-9(16)15-10/h1-4H,(H,17,18)(H,14,15,16). The van der Waals surface area contributed by atoms with Crippen LogP contribution in [0.3, 0.4) is 0 Å². The quantitative estimate of drug-likeness (QED) is 0.872. The minimum Gasteiger partial charge on any atom is -0.477 e. The zero-order valence-corrected chi connectivity index (χ0v) is 9.53. The average molecular weight is 269 g/mol. The van der Waals surface area contributed by atoms with Gasteiger partial charge in [-0.15, -0.1) is 0 Å². The molecule has 2 aromatic rings. The molecule has 0 atom stereocenters. The minimum absolute atomic E-state index is 0.0156. The Morgan fingerprint density at radius 1 is 1.39 bits per heavy atom. The molecule has 7 heteroatoms. The normalized spacial score (nSPS) is 10.3. The molecule has 0 aliphatic carbocycles. The Hall–Kier alpha value is -2.21. The molecular weight excluding hydrogens is 263 g/mol. The summed E-state index contributed by atoms with van der Waals surface area (Å²) in [7, 11) is 0. The third kappa shape index (κ3) is 2.38. The van der Waals surface area contributed by atoms with Crippen LogP contribution < -0.4 is 5.56 Å². The third-order valence-electron chi connectivity index (χ3n) is 2.15. The van der Waals surface area contributed by atoms with E-state index in [4.69, 9.17) is 16.7 Å². The van der Waals surface area contributed by atoms with Gasteiger partial charge in [0.15, 0.2) is 5.69 Å². The largest absolute Gasteiger partial charge is 0.477 e. The van der Waals surface area contributed by atoms with Crippen molar-refractivity contribution in [1.82, 2.24) is 9.97 Å². The van der Waals surface area contributed by atoms with Crippen LogP contribution in [0.4, 0.5) is 4.39 Å².